The van der Waals surface area contributed by atoms with Gasteiger partial charge in [-0.1, -0.05) is 56.5 Å². The number of benzene rings is 1. The van der Waals surface area contributed by atoms with Crippen LogP contribution in [-0.2, 0) is 0 Å². The molecule has 1 nitrogen and oxygen atoms in total. The van der Waals surface area contributed by atoms with Crippen LogP contribution in [0.4, 0.5) is 0 Å². The van der Waals surface area contributed by atoms with Crippen LogP contribution in [0.15, 0.2) is 18.2 Å². The first-order valence-corrected chi connectivity index (χ1v) is 7.94. The Morgan fingerprint density at radius 2 is 1.79 bits per heavy atom. The van der Waals surface area contributed by atoms with Gasteiger partial charge in [0, 0.05) is 22.1 Å². The highest BCUT2D eigenvalue weighted by Crippen LogP contribution is 2.27. The molecular formula is C16H25Cl2N. The Hall–Kier alpha value is -0.240. The zero-order valence-electron chi connectivity index (χ0n) is 12.3. The molecule has 0 aromatic heterocycles. The van der Waals surface area contributed by atoms with E-state index in [9.17, 15) is 0 Å². The van der Waals surface area contributed by atoms with Crippen LogP contribution >= 0.6 is 23.2 Å². The van der Waals surface area contributed by atoms with E-state index >= 15 is 0 Å². The average Bonchev–Trinajstić information content (AvgIpc) is 2.37. The van der Waals surface area contributed by atoms with Crippen molar-refractivity contribution in [2.75, 3.05) is 0 Å². The second-order valence-corrected chi connectivity index (χ2v) is 6.25. The molecule has 1 aromatic carbocycles. The molecule has 0 fully saturated rings. The van der Waals surface area contributed by atoms with Gasteiger partial charge in [0.15, 0.2) is 0 Å². The average molecular weight is 302 g/mol. The monoisotopic (exact) mass is 301 g/mol. The number of rotatable bonds is 7. The molecule has 3 atom stereocenters. The summed E-state index contributed by atoms with van der Waals surface area (Å²) < 4.78 is 0. The van der Waals surface area contributed by atoms with Gasteiger partial charge in [-0.25, -0.2) is 0 Å². The number of halogens is 2. The van der Waals surface area contributed by atoms with Crippen molar-refractivity contribution in [1.29, 1.82) is 0 Å². The Balaban J connectivity index is 2.68. The molecule has 1 rings (SSSR count). The van der Waals surface area contributed by atoms with E-state index in [1.807, 2.05) is 18.2 Å². The standard InChI is InChI=1S/C16H25Cl2N/c1-5-11(3)9-14(6-2)19-12(4)15-8-7-13(17)10-16(15)18/h7-8,10-12,14,19H,5-6,9H2,1-4H3. The van der Waals surface area contributed by atoms with Gasteiger partial charge in [0.25, 0.3) is 0 Å². The molecule has 0 radical (unpaired) electrons. The fourth-order valence-electron chi connectivity index (χ4n) is 2.30. The Labute approximate surface area is 127 Å². The van der Waals surface area contributed by atoms with Crippen molar-refractivity contribution in [1.82, 2.24) is 5.32 Å². The Kier molecular flexibility index (Phi) is 7.20. The van der Waals surface area contributed by atoms with E-state index in [-0.39, 0.29) is 6.04 Å². The summed E-state index contributed by atoms with van der Waals surface area (Å²) in [7, 11) is 0. The van der Waals surface area contributed by atoms with Crippen molar-refractivity contribution in [3.63, 3.8) is 0 Å². The quantitative estimate of drug-likeness (QED) is 0.665. The molecule has 1 N–H and O–H groups in total. The van der Waals surface area contributed by atoms with E-state index in [4.69, 9.17) is 23.2 Å². The van der Waals surface area contributed by atoms with Gasteiger partial charge in [-0.2, -0.15) is 0 Å². The summed E-state index contributed by atoms with van der Waals surface area (Å²) in [5, 5.41) is 5.11. The topological polar surface area (TPSA) is 12.0 Å². The lowest BCUT2D eigenvalue weighted by molar-refractivity contribution is 0.359. The Morgan fingerprint density at radius 1 is 1.11 bits per heavy atom. The summed E-state index contributed by atoms with van der Waals surface area (Å²) in [6.45, 7) is 8.95. The second-order valence-electron chi connectivity index (χ2n) is 5.41. The molecule has 0 aliphatic carbocycles. The van der Waals surface area contributed by atoms with Crippen LogP contribution in [-0.4, -0.2) is 6.04 Å². The van der Waals surface area contributed by atoms with Gasteiger partial charge in [-0.15, -0.1) is 0 Å². The molecule has 1 aromatic rings. The van der Waals surface area contributed by atoms with Crippen molar-refractivity contribution < 1.29 is 0 Å². The van der Waals surface area contributed by atoms with Gasteiger partial charge < -0.3 is 5.32 Å². The van der Waals surface area contributed by atoms with Crippen LogP contribution in [0, 0.1) is 5.92 Å². The number of nitrogens with one attached hydrogen (secondary N) is 1. The SMILES string of the molecule is CCC(C)CC(CC)NC(C)c1ccc(Cl)cc1Cl. The minimum absolute atomic E-state index is 0.249. The van der Waals surface area contributed by atoms with Crippen LogP contribution in [0.5, 0.6) is 0 Å². The van der Waals surface area contributed by atoms with Crippen LogP contribution in [0.25, 0.3) is 0 Å². The minimum atomic E-state index is 0.249. The highest BCUT2D eigenvalue weighted by atomic mass is 35.5. The van der Waals surface area contributed by atoms with Gasteiger partial charge in [-0.05, 0) is 43.4 Å². The zero-order chi connectivity index (χ0) is 14.4. The fraction of sp³-hybridized carbons (Fsp3) is 0.625. The summed E-state index contributed by atoms with van der Waals surface area (Å²) in [6.07, 6.45) is 3.58. The van der Waals surface area contributed by atoms with Crippen molar-refractivity contribution in [3.8, 4) is 0 Å². The summed E-state index contributed by atoms with van der Waals surface area (Å²) in [5.74, 6) is 0.755. The van der Waals surface area contributed by atoms with Crippen LogP contribution in [0.3, 0.4) is 0 Å². The molecule has 0 aliphatic heterocycles. The third-order valence-corrected chi connectivity index (χ3v) is 4.35. The van der Waals surface area contributed by atoms with Crippen LogP contribution in [0.2, 0.25) is 10.0 Å². The summed E-state index contributed by atoms with van der Waals surface area (Å²) in [4.78, 5) is 0. The van der Waals surface area contributed by atoms with Crippen molar-refractivity contribution >= 4 is 23.2 Å². The van der Waals surface area contributed by atoms with Gasteiger partial charge >= 0.3 is 0 Å². The number of hydrogen-bond acceptors (Lipinski definition) is 1. The summed E-state index contributed by atoms with van der Waals surface area (Å²) >= 11 is 12.2. The maximum atomic E-state index is 6.26. The third kappa shape index (κ3) is 5.33. The third-order valence-electron chi connectivity index (χ3n) is 3.79. The van der Waals surface area contributed by atoms with Crippen molar-refractivity contribution in [2.45, 2.75) is 59.0 Å². The summed E-state index contributed by atoms with van der Waals surface area (Å²) in [6, 6.07) is 6.51. The highest BCUT2D eigenvalue weighted by Gasteiger charge is 2.16. The lowest BCUT2D eigenvalue weighted by Crippen LogP contribution is -2.32. The van der Waals surface area contributed by atoms with E-state index in [0.717, 1.165) is 22.9 Å². The molecule has 0 saturated carbocycles. The lowest BCUT2D eigenvalue weighted by atomic mass is 9.96. The zero-order valence-corrected chi connectivity index (χ0v) is 13.9. The minimum Gasteiger partial charge on any atom is -0.307 e. The Bertz CT molecular complexity index is 392. The largest absolute Gasteiger partial charge is 0.307 e. The lowest BCUT2D eigenvalue weighted by Gasteiger charge is -2.25. The van der Waals surface area contributed by atoms with Crippen LogP contribution in [0.1, 0.15) is 58.6 Å². The molecule has 0 spiro atoms. The van der Waals surface area contributed by atoms with E-state index in [0.29, 0.717) is 11.1 Å². The summed E-state index contributed by atoms with van der Waals surface area (Å²) in [5.41, 5.74) is 1.12. The van der Waals surface area contributed by atoms with E-state index in [2.05, 4.69) is 33.0 Å². The predicted molar refractivity (Wildman–Crippen MR) is 86.2 cm³/mol. The Morgan fingerprint density at radius 3 is 2.32 bits per heavy atom. The first-order chi connectivity index (χ1) is 8.97. The molecule has 0 aliphatic rings. The molecular weight excluding hydrogens is 277 g/mol. The predicted octanol–water partition coefficient (Wildman–Crippen LogP) is 5.86. The molecule has 0 amide bonds. The molecule has 19 heavy (non-hydrogen) atoms. The van der Waals surface area contributed by atoms with E-state index in [1.54, 1.807) is 0 Å². The molecule has 108 valence electrons. The normalized spacial score (nSPS) is 16.1. The molecule has 0 heterocycles. The first-order valence-electron chi connectivity index (χ1n) is 7.18. The van der Waals surface area contributed by atoms with E-state index < -0.39 is 0 Å². The van der Waals surface area contributed by atoms with Crippen LogP contribution < -0.4 is 5.32 Å². The highest BCUT2D eigenvalue weighted by molar-refractivity contribution is 6.35. The fourth-order valence-corrected chi connectivity index (χ4v) is 2.87. The maximum Gasteiger partial charge on any atom is 0.0468 e. The molecule has 0 saturated heterocycles. The molecule has 3 unspecified atom stereocenters. The molecule has 3 heteroatoms. The second kappa shape index (κ2) is 8.14. The first kappa shape index (κ1) is 16.8. The van der Waals surface area contributed by atoms with E-state index in [1.165, 1.54) is 12.8 Å². The van der Waals surface area contributed by atoms with Gasteiger partial charge in [0.2, 0.25) is 0 Å². The molecule has 0 bridgehead atoms. The smallest absolute Gasteiger partial charge is 0.0468 e. The number of hydrogen-bond donors (Lipinski definition) is 1. The van der Waals surface area contributed by atoms with Gasteiger partial charge in [0.05, 0.1) is 0 Å². The van der Waals surface area contributed by atoms with Gasteiger partial charge in [-0.3, -0.25) is 0 Å². The van der Waals surface area contributed by atoms with Gasteiger partial charge in [0.1, 0.15) is 0 Å². The van der Waals surface area contributed by atoms with Crippen molar-refractivity contribution in [3.05, 3.63) is 33.8 Å². The maximum absolute atomic E-state index is 6.26. The van der Waals surface area contributed by atoms with Crippen molar-refractivity contribution in [2.24, 2.45) is 5.92 Å².